The zero-order valence-corrected chi connectivity index (χ0v) is 12.1. The molecule has 0 heterocycles. The average molecular weight is 291 g/mol. The van der Waals surface area contributed by atoms with E-state index in [1.165, 1.54) is 0 Å². The predicted octanol–water partition coefficient (Wildman–Crippen LogP) is 4.41. The Morgan fingerprint density at radius 3 is 2.60 bits per heavy atom. The van der Waals surface area contributed by atoms with Crippen molar-refractivity contribution in [1.82, 2.24) is 0 Å². The Bertz CT molecular complexity index is 650. The van der Waals surface area contributed by atoms with Crippen molar-refractivity contribution in [3.05, 3.63) is 52.5 Å². The lowest BCUT2D eigenvalue weighted by atomic mass is 9.96. The Labute approximate surface area is 122 Å². The lowest BCUT2D eigenvalue weighted by Crippen LogP contribution is -2.01. The number of carboxylic acid groups (broad SMARTS) is 1. The second kappa shape index (κ2) is 5.97. The predicted molar refractivity (Wildman–Crippen MR) is 79.8 cm³/mol. The van der Waals surface area contributed by atoms with Gasteiger partial charge in [0, 0.05) is 0 Å². The van der Waals surface area contributed by atoms with Crippen LogP contribution in [0.2, 0.25) is 5.02 Å². The van der Waals surface area contributed by atoms with Gasteiger partial charge in [0.25, 0.3) is 0 Å². The van der Waals surface area contributed by atoms with Crippen molar-refractivity contribution >= 4 is 17.6 Å². The van der Waals surface area contributed by atoms with E-state index in [4.69, 9.17) is 16.3 Å². The van der Waals surface area contributed by atoms with Crippen LogP contribution in [0.5, 0.6) is 5.75 Å². The maximum Gasteiger partial charge on any atom is 0.337 e. The van der Waals surface area contributed by atoms with E-state index in [-0.39, 0.29) is 10.6 Å². The molecule has 0 bridgehead atoms. The zero-order chi connectivity index (χ0) is 14.7. The number of benzene rings is 2. The minimum Gasteiger partial charge on any atom is -0.494 e. The summed E-state index contributed by atoms with van der Waals surface area (Å²) in [6.07, 6.45) is 0. The molecule has 0 unspecified atom stereocenters. The summed E-state index contributed by atoms with van der Waals surface area (Å²) in [6.45, 7) is 4.43. The molecule has 0 aliphatic carbocycles. The Balaban J connectivity index is 2.57. The topological polar surface area (TPSA) is 46.5 Å². The van der Waals surface area contributed by atoms with Gasteiger partial charge in [0.15, 0.2) is 0 Å². The molecule has 0 amide bonds. The van der Waals surface area contributed by atoms with Crippen LogP contribution in [0.4, 0.5) is 0 Å². The first kappa shape index (κ1) is 14.4. The molecule has 0 aromatic heterocycles. The third-order valence-electron chi connectivity index (χ3n) is 3.03. The largest absolute Gasteiger partial charge is 0.494 e. The van der Waals surface area contributed by atoms with Crippen molar-refractivity contribution < 1.29 is 14.6 Å². The van der Waals surface area contributed by atoms with Gasteiger partial charge < -0.3 is 9.84 Å². The summed E-state index contributed by atoms with van der Waals surface area (Å²) < 4.78 is 5.44. The highest BCUT2D eigenvalue weighted by Gasteiger charge is 2.16. The fourth-order valence-electron chi connectivity index (χ4n) is 2.16. The van der Waals surface area contributed by atoms with E-state index >= 15 is 0 Å². The monoisotopic (exact) mass is 290 g/mol. The van der Waals surface area contributed by atoms with Crippen molar-refractivity contribution in [2.45, 2.75) is 13.8 Å². The Morgan fingerprint density at radius 1 is 1.25 bits per heavy atom. The van der Waals surface area contributed by atoms with Gasteiger partial charge in [-0.05, 0) is 48.7 Å². The molecule has 1 N–H and O–H groups in total. The summed E-state index contributed by atoms with van der Waals surface area (Å²) in [5.41, 5.74) is 2.53. The van der Waals surface area contributed by atoms with Gasteiger partial charge in [-0.1, -0.05) is 29.8 Å². The van der Waals surface area contributed by atoms with E-state index in [1.54, 1.807) is 18.2 Å². The van der Waals surface area contributed by atoms with Crippen molar-refractivity contribution in [3.63, 3.8) is 0 Å². The molecule has 2 aromatic rings. The molecule has 0 aliphatic heterocycles. The number of halogens is 1. The van der Waals surface area contributed by atoms with Crippen LogP contribution in [-0.4, -0.2) is 17.7 Å². The molecular weight excluding hydrogens is 276 g/mol. The van der Waals surface area contributed by atoms with Gasteiger partial charge in [-0.25, -0.2) is 4.79 Å². The second-order valence-electron chi connectivity index (χ2n) is 4.38. The standard InChI is InChI=1S/C16H15ClO3/c1-3-20-11-7-8-12(10(2)9-11)13-5-4-6-14(17)15(13)16(18)19/h4-9H,3H2,1-2H3,(H,18,19). The van der Waals surface area contributed by atoms with Crippen molar-refractivity contribution in [2.24, 2.45) is 0 Å². The summed E-state index contributed by atoms with van der Waals surface area (Å²) in [5.74, 6) is -0.258. The molecule has 0 radical (unpaired) electrons. The summed E-state index contributed by atoms with van der Waals surface area (Å²) in [7, 11) is 0. The minimum atomic E-state index is -1.03. The first-order chi connectivity index (χ1) is 9.54. The van der Waals surface area contributed by atoms with Crippen molar-refractivity contribution in [1.29, 1.82) is 0 Å². The third-order valence-corrected chi connectivity index (χ3v) is 3.34. The van der Waals surface area contributed by atoms with E-state index in [9.17, 15) is 9.90 Å². The van der Waals surface area contributed by atoms with Crippen LogP contribution in [0.25, 0.3) is 11.1 Å². The minimum absolute atomic E-state index is 0.126. The molecule has 0 fully saturated rings. The molecule has 2 aromatic carbocycles. The van der Waals surface area contributed by atoms with E-state index in [0.29, 0.717) is 12.2 Å². The lowest BCUT2D eigenvalue weighted by Gasteiger charge is -2.12. The smallest absolute Gasteiger partial charge is 0.337 e. The Kier molecular flexibility index (Phi) is 4.30. The van der Waals surface area contributed by atoms with Crippen LogP contribution in [0.15, 0.2) is 36.4 Å². The molecular formula is C16H15ClO3. The second-order valence-corrected chi connectivity index (χ2v) is 4.78. The van der Waals surface area contributed by atoms with E-state index in [2.05, 4.69) is 0 Å². The van der Waals surface area contributed by atoms with Gasteiger partial charge in [0.2, 0.25) is 0 Å². The Hall–Kier alpha value is -2.00. The van der Waals surface area contributed by atoms with Gasteiger partial charge in [-0.3, -0.25) is 0 Å². The van der Waals surface area contributed by atoms with Crippen LogP contribution < -0.4 is 4.74 Å². The van der Waals surface area contributed by atoms with Crippen LogP contribution in [-0.2, 0) is 0 Å². The number of ether oxygens (including phenoxy) is 1. The van der Waals surface area contributed by atoms with Gasteiger partial charge in [0.05, 0.1) is 17.2 Å². The Morgan fingerprint density at radius 2 is 2.00 bits per heavy atom. The highest BCUT2D eigenvalue weighted by Crippen LogP contribution is 2.32. The van der Waals surface area contributed by atoms with Gasteiger partial charge in [0.1, 0.15) is 5.75 Å². The number of carboxylic acids is 1. The molecule has 0 saturated heterocycles. The number of aromatic carboxylic acids is 1. The first-order valence-corrected chi connectivity index (χ1v) is 6.68. The maximum absolute atomic E-state index is 11.4. The fourth-order valence-corrected chi connectivity index (χ4v) is 2.42. The summed E-state index contributed by atoms with van der Waals surface area (Å²) in [5, 5.41) is 9.57. The van der Waals surface area contributed by atoms with Crippen LogP contribution in [0.3, 0.4) is 0 Å². The molecule has 3 nitrogen and oxygen atoms in total. The summed E-state index contributed by atoms with van der Waals surface area (Å²) >= 11 is 6.00. The summed E-state index contributed by atoms with van der Waals surface area (Å²) in [4.78, 5) is 11.4. The quantitative estimate of drug-likeness (QED) is 0.907. The lowest BCUT2D eigenvalue weighted by molar-refractivity contribution is 0.0698. The molecule has 20 heavy (non-hydrogen) atoms. The van der Waals surface area contributed by atoms with Gasteiger partial charge >= 0.3 is 5.97 Å². The van der Waals surface area contributed by atoms with Crippen molar-refractivity contribution in [3.8, 4) is 16.9 Å². The molecule has 4 heteroatoms. The maximum atomic E-state index is 11.4. The van der Waals surface area contributed by atoms with Gasteiger partial charge in [-0.15, -0.1) is 0 Å². The van der Waals surface area contributed by atoms with Crippen LogP contribution >= 0.6 is 11.6 Å². The van der Waals surface area contributed by atoms with Gasteiger partial charge in [-0.2, -0.15) is 0 Å². The third kappa shape index (κ3) is 2.78. The number of aryl methyl sites for hydroxylation is 1. The highest BCUT2D eigenvalue weighted by molar-refractivity contribution is 6.34. The molecule has 0 aliphatic rings. The van der Waals surface area contributed by atoms with E-state index in [1.807, 2.05) is 32.0 Å². The molecule has 104 valence electrons. The number of carbonyl (C=O) groups is 1. The van der Waals surface area contributed by atoms with Crippen LogP contribution in [0, 0.1) is 6.92 Å². The molecule has 0 spiro atoms. The highest BCUT2D eigenvalue weighted by atomic mass is 35.5. The zero-order valence-electron chi connectivity index (χ0n) is 11.3. The van der Waals surface area contributed by atoms with Crippen molar-refractivity contribution in [2.75, 3.05) is 6.61 Å². The fraction of sp³-hybridized carbons (Fsp3) is 0.188. The van der Waals surface area contributed by atoms with E-state index in [0.717, 1.165) is 16.9 Å². The normalized spacial score (nSPS) is 10.3. The molecule has 0 saturated carbocycles. The van der Waals surface area contributed by atoms with E-state index < -0.39 is 5.97 Å². The number of hydrogen-bond acceptors (Lipinski definition) is 2. The molecule has 2 rings (SSSR count). The first-order valence-electron chi connectivity index (χ1n) is 6.30. The summed E-state index contributed by atoms with van der Waals surface area (Å²) in [6, 6.07) is 10.7. The SMILES string of the molecule is CCOc1ccc(-c2cccc(Cl)c2C(=O)O)c(C)c1. The molecule has 0 atom stereocenters. The average Bonchev–Trinajstić information content (AvgIpc) is 2.38. The van der Waals surface area contributed by atoms with Crippen LogP contribution in [0.1, 0.15) is 22.8 Å². The number of hydrogen-bond donors (Lipinski definition) is 1. The number of rotatable bonds is 4.